The van der Waals surface area contributed by atoms with E-state index < -0.39 is 39.4 Å². The van der Waals surface area contributed by atoms with Crippen LogP contribution in [0.25, 0.3) is 0 Å². The molecule has 0 radical (unpaired) electrons. The zero-order valence-corrected chi connectivity index (χ0v) is 22.7. The van der Waals surface area contributed by atoms with Crippen LogP contribution in [0.2, 0.25) is 0 Å². The number of aryl methyl sites for hydroxylation is 1. The fraction of sp³-hybridized carbons (Fsp3) is 0.462. The first kappa shape index (κ1) is 29.1. The molecule has 206 valence electrons. The Balaban J connectivity index is 2.26. The van der Waals surface area contributed by atoms with Gasteiger partial charge < -0.3 is 9.84 Å². The summed E-state index contributed by atoms with van der Waals surface area (Å²) in [5, 5.41) is 19.3. The molecule has 0 spiro atoms. The Bertz CT molecular complexity index is 1380. The van der Waals surface area contributed by atoms with Crippen molar-refractivity contribution in [1.82, 2.24) is 0 Å². The highest BCUT2D eigenvalue weighted by Gasteiger charge is 2.54. The Morgan fingerprint density at radius 1 is 1.13 bits per heavy atom. The number of rotatable bonds is 6. The minimum Gasteiger partial charge on any atom is -0.486 e. The van der Waals surface area contributed by atoms with Crippen LogP contribution in [0.5, 0.6) is 5.75 Å². The first-order valence-corrected chi connectivity index (χ1v) is 13.2. The van der Waals surface area contributed by atoms with Gasteiger partial charge in [-0.25, -0.2) is 13.2 Å². The highest BCUT2D eigenvalue weighted by molar-refractivity contribution is 7.92. The van der Waals surface area contributed by atoms with E-state index in [1.165, 1.54) is 31.2 Å². The van der Waals surface area contributed by atoms with E-state index in [-0.39, 0.29) is 45.4 Å². The van der Waals surface area contributed by atoms with Gasteiger partial charge in [-0.05, 0) is 65.8 Å². The zero-order chi connectivity index (χ0) is 28.8. The Labute approximate surface area is 220 Å². The van der Waals surface area contributed by atoms with E-state index in [1.807, 2.05) is 0 Å². The van der Waals surface area contributed by atoms with E-state index in [4.69, 9.17) is 4.74 Å². The topological polar surface area (TPSA) is 111 Å². The van der Waals surface area contributed by atoms with Gasteiger partial charge >= 0.3 is 12.3 Å². The number of anilines is 2. The second-order valence-corrected chi connectivity index (χ2v) is 12.4. The summed E-state index contributed by atoms with van der Waals surface area (Å²) < 4.78 is 76.5. The zero-order valence-electron chi connectivity index (χ0n) is 21.9. The van der Waals surface area contributed by atoms with Gasteiger partial charge in [0, 0.05) is 12.0 Å². The average molecular weight is 554 g/mol. The third-order valence-electron chi connectivity index (χ3n) is 6.61. The van der Waals surface area contributed by atoms with Crippen molar-refractivity contribution in [3.05, 3.63) is 47.5 Å². The van der Waals surface area contributed by atoms with Gasteiger partial charge in [0.1, 0.15) is 17.4 Å². The number of carbonyl (C=O) groups is 1. The minimum atomic E-state index is -4.92. The van der Waals surface area contributed by atoms with Crippen molar-refractivity contribution in [2.45, 2.75) is 70.7 Å². The predicted octanol–water partition coefficient (Wildman–Crippen LogP) is 6.02. The molecule has 0 fully saturated rings. The summed E-state index contributed by atoms with van der Waals surface area (Å²) >= 11 is 0. The lowest BCUT2D eigenvalue weighted by molar-refractivity contribution is -0.175. The number of ether oxygens (including phenoxy) is 1. The molecule has 0 aromatic heterocycles. The van der Waals surface area contributed by atoms with Gasteiger partial charge in [-0.2, -0.15) is 18.4 Å². The van der Waals surface area contributed by atoms with E-state index in [0.717, 1.165) is 23.7 Å². The summed E-state index contributed by atoms with van der Waals surface area (Å²) in [5.74, 6) is 0.0575. The van der Waals surface area contributed by atoms with Crippen LogP contribution >= 0.6 is 0 Å². The quantitative estimate of drug-likeness (QED) is 0.468. The molecule has 1 atom stereocenters. The van der Waals surface area contributed by atoms with Crippen LogP contribution in [-0.2, 0) is 10.0 Å². The van der Waals surface area contributed by atoms with Gasteiger partial charge in [-0.1, -0.05) is 17.7 Å². The maximum atomic E-state index is 13.9. The lowest BCUT2D eigenvalue weighted by Gasteiger charge is -2.41. The molecule has 1 N–H and O–H groups in total. The van der Waals surface area contributed by atoms with E-state index in [1.54, 1.807) is 32.9 Å². The Hall–Kier alpha value is -3.46. The minimum absolute atomic E-state index is 0.0177. The molecule has 1 heterocycles. The standard InChI is InChI=1S/C26H30F3N3O5S/c1-16-7-9-19(10-8-16)38(35,36)31-14-18(13-24(3,4)15-30)37-21-12-11-20(17(2)22(21)31)32(23(33)34)25(5,6)26(27,28)29/h7-12,18H,13-14H2,1-6H3,(H,33,34)/t18-/m1/s1. The van der Waals surface area contributed by atoms with Crippen molar-refractivity contribution >= 4 is 27.5 Å². The van der Waals surface area contributed by atoms with Crippen LogP contribution < -0.4 is 13.9 Å². The first-order chi connectivity index (χ1) is 17.3. The van der Waals surface area contributed by atoms with Crippen molar-refractivity contribution < 1.29 is 36.2 Å². The average Bonchev–Trinajstić information content (AvgIpc) is 2.79. The third kappa shape index (κ3) is 5.25. The van der Waals surface area contributed by atoms with Crippen LogP contribution in [0, 0.1) is 30.6 Å². The largest absolute Gasteiger partial charge is 0.486 e. The molecule has 0 saturated carbocycles. The number of fused-ring (bicyclic) bond motifs is 1. The van der Waals surface area contributed by atoms with Gasteiger partial charge in [0.05, 0.1) is 34.3 Å². The van der Waals surface area contributed by atoms with Crippen LogP contribution in [0.1, 0.15) is 45.2 Å². The van der Waals surface area contributed by atoms with E-state index >= 15 is 0 Å². The lowest BCUT2D eigenvalue weighted by Crippen LogP contribution is -2.57. The van der Waals surface area contributed by atoms with Crippen LogP contribution in [0.15, 0.2) is 41.3 Å². The number of hydrogen-bond acceptors (Lipinski definition) is 5. The molecule has 2 aromatic carbocycles. The normalized spacial score (nSPS) is 16.3. The maximum absolute atomic E-state index is 13.9. The number of halogens is 3. The molecule has 1 amide bonds. The summed E-state index contributed by atoms with van der Waals surface area (Å²) in [6, 6.07) is 10.7. The molecule has 0 unspecified atom stereocenters. The summed E-state index contributed by atoms with van der Waals surface area (Å²) in [7, 11) is -4.25. The Morgan fingerprint density at radius 2 is 1.71 bits per heavy atom. The molecule has 1 aliphatic rings. The van der Waals surface area contributed by atoms with Gasteiger partial charge in [-0.3, -0.25) is 9.21 Å². The molecule has 0 bridgehead atoms. The molecule has 38 heavy (non-hydrogen) atoms. The van der Waals surface area contributed by atoms with Crippen LogP contribution in [0.3, 0.4) is 0 Å². The second-order valence-electron chi connectivity index (χ2n) is 10.5. The summed E-state index contributed by atoms with van der Waals surface area (Å²) in [6.45, 7) is 7.76. The molecule has 1 aliphatic heterocycles. The first-order valence-electron chi connectivity index (χ1n) is 11.7. The second kappa shape index (κ2) is 9.69. The maximum Gasteiger partial charge on any atom is 0.412 e. The highest BCUT2D eigenvalue weighted by Crippen LogP contribution is 2.47. The number of nitrogens with zero attached hydrogens (tertiary/aromatic N) is 3. The van der Waals surface area contributed by atoms with Crippen molar-refractivity contribution in [1.29, 1.82) is 5.26 Å². The highest BCUT2D eigenvalue weighted by atomic mass is 32.2. The molecule has 0 aliphatic carbocycles. The molecular weight excluding hydrogens is 523 g/mol. The van der Waals surface area contributed by atoms with Crippen molar-refractivity contribution in [2.24, 2.45) is 5.41 Å². The fourth-order valence-electron chi connectivity index (χ4n) is 4.35. The van der Waals surface area contributed by atoms with Gasteiger partial charge in [-0.15, -0.1) is 0 Å². The molecular formula is C26H30F3N3O5S. The van der Waals surface area contributed by atoms with Gasteiger partial charge in [0.25, 0.3) is 10.0 Å². The summed E-state index contributed by atoms with van der Waals surface area (Å²) in [5.41, 5.74) is -3.26. The number of carboxylic acid groups (broad SMARTS) is 1. The molecule has 12 heteroatoms. The van der Waals surface area contributed by atoms with Crippen LogP contribution in [0.4, 0.5) is 29.3 Å². The van der Waals surface area contributed by atoms with Crippen LogP contribution in [-0.4, -0.2) is 44.0 Å². The molecule has 2 aromatic rings. The molecule has 0 saturated heterocycles. The number of amides is 1. The monoisotopic (exact) mass is 553 g/mol. The van der Waals surface area contributed by atoms with E-state index in [9.17, 15) is 36.8 Å². The molecule has 8 nitrogen and oxygen atoms in total. The molecule has 3 rings (SSSR count). The van der Waals surface area contributed by atoms with Crippen molar-refractivity contribution in [2.75, 3.05) is 15.7 Å². The Kier molecular flexibility index (Phi) is 7.42. The van der Waals surface area contributed by atoms with Crippen molar-refractivity contribution in [3.8, 4) is 11.8 Å². The summed E-state index contributed by atoms with van der Waals surface area (Å²) in [4.78, 5) is 12.3. The fourth-order valence-corrected chi connectivity index (χ4v) is 5.92. The Morgan fingerprint density at radius 3 is 2.21 bits per heavy atom. The lowest BCUT2D eigenvalue weighted by atomic mass is 9.88. The van der Waals surface area contributed by atoms with Gasteiger partial charge in [0.2, 0.25) is 0 Å². The predicted molar refractivity (Wildman–Crippen MR) is 136 cm³/mol. The van der Waals surface area contributed by atoms with Crippen molar-refractivity contribution in [3.63, 3.8) is 0 Å². The summed E-state index contributed by atoms with van der Waals surface area (Å²) in [6.07, 6.45) is -7.35. The smallest absolute Gasteiger partial charge is 0.412 e. The number of alkyl halides is 3. The third-order valence-corrected chi connectivity index (χ3v) is 8.39. The van der Waals surface area contributed by atoms with E-state index in [2.05, 4.69) is 6.07 Å². The number of benzene rings is 2. The van der Waals surface area contributed by atoms with E-state index in [0.29, 0.717) is 0 Å². The SMILES string of the molecule is Cc1ccc(S(=O)(=O)N2C[C@@H](CC(C)(C)C#N)Oc3ccc(N(C(=O)O)C(C)(C)C(F)(F)F)c(C)c32)cc1. The number of hydrogen-bond donors (Lipinski definition) is 1. The number of nitriles is 1. The number of sulfonamides is 1. The van der Waals surface area contributed by atoms with Gasteiger partial charge in [0.15, 0.2) is 0 Å².